The van der Waals surface area contributed by atoms with Gasteiger partial charge in [0.25, 0.3) is 0 Å². The average molecular weight is 588 g/mol. The monoisotopic (exact) mass is 588 g/mol. The van der Waals surface area contributed by atoms with Crippen LogP contribution in [0, 0.1) is 13.8 Å². The van der Waals surface area contributed by atoms with E-state index in [1.54, 1.807) is 0 Å². The van der Waals surface area contributed by atoms with E-state index in [4.69, 9.17) is 0 Å². The van der Waals surface area contributed by atoms with Crippen molar-refractivity contribution in [2.24, 2.45) is 0 Å². The smallest absolute Gasteiger partial charge is 0.343 e. The van der Waals surface area contributed by atoms with Crippen LogP contribution in [0.1, 0.15) is 194 Å². The normalized spacial score (nSPS) is 10.5. The van der Waals surface area contributed by atoms with Crippen molar-refractivity contribution in [3.05, 3.63) is 13.8 Å². The Morgan fingerprint density at radius 3 is 0.576 bits per heavy atom. The predicted octanol–water partition coefficient (Wildman–Crippen LogP) is 12.2. The van der Waals surface area contributed by atoms with E-state index >= 15 is 0 Å². The standard InChI is InChI=1S/2C16H33.Ba/c2*1-3-5-7-9-11-13-15-16-14-12-10-8-6-4-2;/h2*1,3-16H2,2H3;/q2*-1;+2. The minimum atomic E-state index is 0. The minimum Gasteiger partial charge on any atom is -0.343 e. The fraction of sp³-hybridized carbons (Fsp3) is 0.938. The zero-order valence-corrected chi connectivity index (χ0v) is 28.4. The summed E-state index contributed by atoms with van der Waals surface area (Å²) in [6.07, 6.45) is 39.7. The van der Waals surface area contributed by atoms with Gasteiger partial charge in [-0.15, -0.1) is 0 Å². The van der Waals surface area contributed by atoms with Crippen molar-refractivity contribution in [3.63, 3.8) is 0 Å². The van der Waals surface area contributed by atoms with E-state index in [-0.39, 0.29) is 48.9 Å². The summed E-state index contributed by atoms with van der Waals surface area (Å²) in [6, 6.07) is 0. The summed E-state index contributed by atoms with van der Waals surface area (Å²) in [5.41, 5.74) is 0. The third kappa shape index (κ3) is 44.0. The molecule has 0 aromatic heterocycles. The maximum atomic E-state index is 3.87. The Hall–Kier alpha value is 1.57. The number of rotatable bonds is 26. The van der Waals surface area contributed by atoms with E-state index in [1.807, 2.05) is 0 Å². The molecule has 33 heavy (non-hydrogen) atoms. The fourth-order valence-corrected chi connectivity index (χ4v) is 4.39. The average Bonchev–Trinajstić information content (AvgIpc) is 2.81. The molecule has 0 bridgehead atoms. The minimum absolute atomic E-state index is 0. The molecule has 0 heterocycles. The van der Waals surface area contributed by atoms with Crippen molar-refractivity contribution < 1.29 is 0 Å². The Morgan fingerprint density at radius 1 is 0.273 bits per heavy atom. The maximum Gasteiger partial charge on any atom is 2.00 e. The molecule has 0 rings (SSSR count). The van der Waals surface area contributed by atoms with Crippen LogP contribution in [0.5, 0.6) is 0 Å². The van der Waals surface area contributed by atoms with Gasteiger partial charge in [-0.3, -0.25) is 0 Å². The van der Waals surface area contributed by atoms with Crippen LogP contribution in [0.4, 0.5) is 0 Å². The Balaban J connectivity index is -0.000000529. The van der Waals surface area contributed by atoms with Gasteiger partial charge in [0, 0.05) is 0 Å². The SMILES string of the molecule is [Ba+2].[CH2-]CCCCCCCCCCCCCCC.[CH2-]CCCCCCCCCCCCCCC. The van der Waals surface area contributed by atoms with Crippen molar-refractivity contribution >= 4 is 48.9 Å². The van der Waals surface area contributed by atoms with E-state index in [9.17, 15) is 0 Å². The fourth-order valence-electron chi connectivity index (χ4n) is 4.39. The zero-order chi connectivity index (χ0) is 23.8. The Labute approximate surface area is 254 Å². The first-order valence-corrected chi connectivity index (χ1v) is 15.4. The van der Waals surface area contributed by atoms with Gasteiger partial charge < -0.3 is 13.8 Å². The van der Waals surface area contributed by atoms with Crippen molar-refractivity contribution in [1.29, 1.82) is 0 Å². The van der Waals surface area contributed by atoms with Crippen molar-refractivity contribution in [2.75, 3.05) is 0 Å². The summed E-state index contributed by atoms with van der Waals surface area (Å²) >= 11 is 0. The molecule has 0 aliphatic carbocycles. The summed E-state index contributed by atoms with van der Waals surface area (Å²) in [7, 11) is 0. The summed E-state index contributed by atoms with van der Waals surface area (Å²) in [5, 5.41) is 0. The molecule has 0 unspecified atom stereocenters. The summed E-state index contributed by atoms with van der Waals surface area (Å²) < 4.78 is 0. The van der Waals surface area contributed by atoms with Gasteiger partial charge in [-0.1, -0.05) is 181 Å². The van der Waals surface area contributed by atoms with Gasteiger partial charge in [0.2, 0.25) is 0 Å². The second-order valence-corrected chi connectivity index (χ2v) is 10.2. The van der Waals surface area contributed by atoms with E-state index in [1.165, 1.54) is 167 Å². The van der Waals surface area contributed by atoms with Gasteiger partial charge in [-0.05, 0) is 0 Å². The van der Waals surface area contributed by atoms with Crippen molar-refractivity contribution in [3.8, 4) is 0 Å². The molecule has 0 nitrogen and oxygen atoms in total. The number of hydrogen-bond acceptors (Lipinski definition) is 0. The second-order valence-electron chi connectivity index (χ2n) is 10.2. The molecule has 196 valence electrons. The summed E-state index contributed by atoms with van der Waals surface area (Å²) in [6.45, 7) is 12.3. The summed E-state index contributed by atoms with van der Waals surface area (Å²) in [5.74, 6) is 0. The molecule has 0 aliphatic heterocycles. The van der Waals surface area contributed by atoms with Crippen LogP contribution in [-0.2, 0) is 0 Å². The second kappa shape index (κ2) is 40.7. The third-order valence-electron chi connectivity index (χ3n) is 6.71. The first-order chi connectivity index (χ1) is 15.8. The molecule has 0 atom stereocenters. The topological polar surface area (TPSA) is 0 Å². The van der Waals surface area contributed by atoms with Crippen LogP contribution in [-0.4, -0.2) is 48.9 Å². The van der Waals surface area contributed by atoms with Crippen molar-refractivity contribution in [1.82, 2.24) is 0 Å². The molecule has 0 aromatic rings. The molecule has 0 fully saturated rings. The molecule has 0 saturated heterocycles. The van der Waals surface area contributed by atoms with E-state index < -0.39 is 0 Å². The largest absolute Gasteiger partial charge is 2.00 e. The molecule has 0 amide bonds. The Morgan fingerprint density at radius 2 is 0.424 bits per heavy atom. The molecule has 0 saturated carbocycles. The van der Waals surface area contributed by atoms with Crippen LogP contribution in [0.15, 0.2) is 0 Å². The van der Waals surface area contributed by atoms with Gasteiger partial charge in [-0.2, -0.15) is 12.8 Å². The molecular weight excluding hydrogens is 522 g/mol. The van der Waals surface area contributed by atoms with E-state index in [0.29, 0.717) is 0 Å². The molecular formula is C32H66Ba. The molecule has 0 aliphatic rings. The summed E-state index contributed by atoms with van der Waals surface area (Å²) in [4.78, 5) is 0. The van der Waals surface area contributed by atoms with Gasteiger partial charge in [0.1, 0.15) is 0 Å². The molecule has 1 heteroatoms. The molecule has 0 radical (unpaired) electrons. The van der Waals surface area contributed by atoms with Gasteiger partial charge in [0.15, 0.2) is 0 Å². The van der Waals surface area contributed by atoms with E-state index in [0.717, 1.165) is 12.8 Å². The van der Waals surface area contributed by atoms with Crippen LogP contribution < -0.4 is 0 Å². The Bertz CT molecular complexity index is 220. The number of hydrogen-bond donors (Lipinski definition) is 0. The Kier molecular flexibility index (Phi) is 48.2. The number of unbranched alkanes of at least 4 members (excludes halogenated alkanes) is 26. The van der Waals surface area contributed by atoms with Crippen LogP contribution in [0.25, 0.3) is 0 Å². The molecule has 0 N–H and O–H groups in total. The van der Waals surface area contributed by atoms with Crippen molar-refractivity contribution in [2.45, 2.75) is 194 Å². The van der Waals surface area contributed by atoms with Gasteiger partial charge in [0.05, 0.1) is 0 Å². The van der Waals surface area contributed by atoms with Crippen LogP contribution in [0.2, 0.25) is 0 Å². The molecule has 0 spiro atoms. The third-order valence-corrected chi connectivity index (χ3v) is 6.71. The van der Waals surface area contributed by atoms with E-state index in [2.05, 4.69) is 27.7 Å². The zero-order valence-electron chi connectivity index (χ0n) is 23.9. The van der Waals surface area contributed by atoms with Crippen LogP contribution >= 0.6 is 0 Å². The van der Waals surface area contributed by atoms with Gasteiger partial charge >= 0.3 is 48.9 Å². The molecule has 0 aromatic carbocycles. The first-order valence-electron chi connectivity index (χ1n) is 15.4. The van der Waals surface area contributed by atoms with Gasteiger partial charge in [-0.25, -0.2) is 0 Å². The first kappa shape index (κ1) is 39.1. The quantitative estimate of drug-likeness (QED) is 0.0536. The maximum absolute atomic E-state index is 3.87. The van der Waals surface area contributed by atoms with Crippen LogP contribution in [0.3, 0.4) is 0 Å². The predicted molar refractivity (Wildman–Crippen MR) is 157 cm³/mol.